The number of hydrogen-bond acceptors (Lipinski definition) is 2. The lowest BCUT2D eigenvalue weighted by Crippen LogP contribution is -2.35. The fraction of sp³-hybridized carbons (Fsp3) is 0.600. The van der Waals surface area contributed by atoms with Crippen LogP contribution in [0.25, 0.3) is 0 Å². The summed E-state index contributed by atoms with van der Waals surface area (Å²) in [6.45, 7) is 7.04. The van der Waals surface area contributed by atoms with Gasteiger partial charge in [-0.1, -0.05) is 0 Å². The van der Waals surface area contributed by atoms with Gasteiger partial charge in [0, 0.05) is 12.1 Å². The molecule has 0 radical (unpaired) electrons. The van der Waals surface area contributed by atoms with Crippen molar-refractivity contribution < 1.29 is 10.2 Å². The Balaban J connectivity index is 3.49. The standard InChI is InChI=1S/C15H26NO2/c1-14(2,17)11-8-12(15(3,4)18)10-13(9-11)16(5,6)7/h8-10,17-18H,1-7H3/q+1. The zero-order valence-electron chi connectivity index (χ0n) is 12.6. The minimum absolute atomic E-state index is 0.646. The van der Waals surface area contributed by atoms with E-state index in [-0.39, 0.29) is 0 Å². The van der Waals surface area contributed by atoms with Crippen LogP contribution in [0.15, 0.2) is 18.2 Å². The molecular formula is C15H26NO2+. The van der Waals surface area contributed by atoms with Crippen LogP contribution in [0.2, 0.25) is 0 Å². The highest BCUT2D eigenvalue weighted by molar-refractivity contribution is 5.50. The summed E-state index contributed by atoms with van der Waals surface area (Å²) in [5.74, 6) is 0. The molecule has 0 atom stereocenters. The quantitative estimate of drug-likeness (QED) is 0.811. The molecule has 0 heterocycles. The molecule has 0 fully saturated rings. The van der Waals surface area contributed by atoms with E-state index in [0.717, 1.165) is 16.8 Å². The molecule has 0 aromatic heterocycles. The number of hydrogen-bond donors (Lipinski definition) is 2. The Labute approximate surface area is 110 Å². The number of benzene rings is 1. The third-order valence-electron chi connectivity index (χ3n) is 3.11. The Morgan fingerprint density at radius 2 is 1.11 bits per heavy atom. The summed E-state index contributed by atoms with van der Waals surface area (Å²) in [6.07, 6.45) is 0. The molecule has 1 aromatic rings. The molecule has 0 amide bonds. The van der Waals surface area contributed by atoms with Gasteiger partial charge in [0.25, 0.3) is 0 Å². The lowest BCUT2D eigenvalue weighted by Gasteiger charge is -2.29. The second-order valence-electron chi connectivity index (χ2n) is 6.90. The van der Waals surface area contributed by atoms with Crippen LogP contribution >= 0.6 is 0 Å². The Kier molecular flexibility index (Phi) is 3.65. The molecular weight excluding hydrogens is 226 g/mol. The highest BCUT2D eigenvalue weighted by Gasteiger charge is 2.26. The maximum absolute atomic E-state index is 10.2. The third kappa shape index (κ3) is 3.55. The van der Waals surface area contributed by atoms with E-state index in [2.05, 4.69) is 21.1 Å². The van der Waals surface area contributed by atoms with E-state index >= 15 is 0 Å². The van der Waals surface area contributed by atoms with E-state index in [4.69, 9.17) is 0 Å². The molecule has 0 aliphatic heterocycles. The smallest absolute Gasteiger partial charge is 0.132 e. The maximum atomic E-state index is 10.2. The zero-order valence-corrected chi connectivity index (χ0v) is 12.6. The number of rotatable bonds is 3. The summed E-state index contributed by atoms with van der Waals surface area (Å²) in [5, 5.41) is 20.4. The second-order valence-corrected chi connectivity index (χ2v) is 6.90. The SMILES string of the molecule is CC(C)(O)c1cc(C(C)(C)O)cc([N+](C)(C)C)c1. The van der Waals surface area contributed by atoms with E-state index < -0.39 is 11.2 Å². The molecule has 0 aliphatic carbocycles. The molecule has 1 rings (SSSR count). The minimum Gasteiger partial charge on any atom is -0.386 e. The minimum atomic E-state index is -0.912. The van der Waals surface area contributed by atoms with Crippen molar-refractivity contribution in [2.24, 2.45) is 0 Å². The highest BCUT2D eigenvalue weighted by atomic mass is 16.3. The van der Waals surface area contributed by atoms with Gasteiger partial charge in [0.2, 0.25) is 0 Å². The van der Waals surface area contributed by atoms with Crippen molar-refractivity contribution in [3.05, 3.63) is 29.3 Å². The molecule has 2 N–H and O–H groups in total. The Morgan fingerprint density at radius 3 is 1.33 bits per heavy atom. The van der Waals surface area contributed by atoms with Gasteiger partial charge >= 0.3 is 0 Å². The van der Waals surface area contributed by atoms with E-state index in [1.54, 1.807) is 27.7 Å². The largest absolute Gasteiger partial charge is 0.386 e. The summed E-state index contributed by atoms with van der Waals surface area (Å²) in [6, 6.07) is 5.86. The van der Waals surface area contributed by atoms with Crippen LogP contribution in [0.5, 0.6) is 0 Å². The maximum Gasteiger partial charge on any atom is 0.132 e. The van der Waals surface area contributed by atoms with Gasteiger partial charge < -0.3 is 10.2 Å². The fourth-order valence-corrected chi connectivity index (χ4v) is 1.70. The van der Waals surface area contributed by atoms with Crippen molar-refractivity contribution in [1.82, 2.24) is 4.48 Å². The normalized spacial score (nSPS) is 13.8. The molecule has 0 bridgehead atoms. The van der Waals surface area contributed by atoms with E-state index in [0.29, 0.717) is 4.48 Å². The predicted molar refractivity (Wildman–Crippen MR) is 76.5 cm³/mol. The summed E-state index contributed by atoms with van der Waals surface area (Å²) < 4.78 is 0.646. The van der Waals surface area contributed by atoms with Gasteiger partial charge in [-0.3, -0.25) is 4.48 Å². The summed E-state index contributed by atoms with van der Waals surface area (Å²) in [4.78, 5) is 0. The lowest BCUT2D eigenvalue weighted by molar-refractivity contribution is 0.0716. The van der Waals surface area contributed by atoms with Crippen molar-refractivity contribution in [2.75, 3.05) is 21.1 Å². The van der Waals surface area contributed by atoms with Crippen molar-refractivity contribution in [1.29, 1.82) is 0 Å². The van der Waals surface area contributed by atoms with Crippen molar-refractivity contribution in [3.8, 4) is 0 Å². The zero-order chi connectivity index (χ0) is 14.4. The van der Waals surface area contributed by atoms with E-state index in [9.17, 15) is 10.2 Å². The molecule has 0 aliphatic rings. The summed E-state index contributed by atoms with van der Waals surface area (Å²) in [7, 11) is 6.20. The van der Waals surface area contributed by atoms with Crippen molar-refractivity contribution >= 4 is 5.69 Å². The molecule has 0 unspecified atom stereocenters. The van der Waals surface area contributed by atoms with Crippen LogP contribution in [-0.4, -0.2) is 31.4 Å². The number of nitrogens with zero attached hydrogens (tertiary/aromatic N) is 1. The van der Waals surface area contributed by atoms with Gasteiger partial charge in [0.1, 0.15) is 5.69 Å². The van der Waals surface area contributed by atoms with Crippen molar-refractivity contribution in [3.63, 3.8) is 0 Å². The molecule has 102 valence electrons. The fourth-order valence-electron chi connectivity index (χ4n) is 1.70. The Bertz CT molecular complexity index is 352. The predicted octanol–water partition coefficient (Wildman–Crippen LogP) is 2.34. The van der Waals surface area contributed by atoms with Gasteiger partial charge in [-0.2, -0.15) is 0 Å². The highest BCUT2D eigenvalue weighted by Crippen LogP contribution is 2.32. The first-order valence-corrected chi connectivity index (χ1v) is 6.24. The topological polar surface area (TPSA) is 40.5 Å². The number of aliphatic hydroxyl groups is 2. The van der Waals surface area contributed by atoms with Gasteiger partial charge in [0.15, 0.2) is 0 Å². The molecule has 1 aromatic carbocycles. The summed E-state index contributed by atoms with van der Waals surface area (Å²) in [5.41, 5.74) is 0.887. The second kappa shape index (κ2) is 4.34. The van der Waals surface area contributed by atoms with Gasteiger partial charge in [0.05, 0.1) is 32.3 Å². The Morgan fingerprint density at radius 1 is 0.778 bits per heavy atom. The van der Waals surface area contributed by atoms with E-state index in [1.165, 1.54) is 0 Å². The first kappa shape index (κ1) is 15.2. The third-order valence-corrected chi connectivity index (χ3v) is 3.11. The van der Waals surface area contributed by atoms with Gasteiger partial charge in [-0.15, -0.1) is 0 Å². The van der Waals surface area contributed by atoms with Crippen LogP contribution in [0.1, 0.15) is 38.8 Å². The first-order chi connectivity index (χ1) is 7.82. The molecule has 18 heavy (non-hydrogen) atoms. The summed E-state index contributed by atoms with van der Waals surface area (Å²) >= 11 is 0. The molecule has 3 nitrogen and oxygen atoms in total. The van der Waals surface area contributed by atoms with Crippen LogP contribution < -0.4 is 4.48 Å². The molecule has 0 spiro atoms. The van der Waals surface area contributed by atoms with Gasteiger partial charge in [-0.05, 0) is 44.9 Å². The van der Waals surface area contributed by atoms with Gasteiger partial charge in [-0.25, -0.2) is 0 Å². The van der Waals surface area contributed by atoms with E-state index in [1.807, 2.05) is 18.2 Å². The lowest BCUT2D eigenvalue weighted by atomic mass is 9.90. The van der Waals surface area contributed by atoms with Crippen molar-refractivity contribution in [2.45, 2.75) is 38.9 Å². The first-order valence-electron chi connectivity index (χ1n) is 6.24. The average Bonchev–Trinajstić information content (AvgIpc) is 2.13. The monoisotopic (exact) mass is 252 g/mol. The van der Waals surface area contributed by atoms with Crippen LogP contribution in [0, 0.1) is 0 Å². The van der Waals surface area contributed by atoms with Crippen LogP contribution in [-0.2, 0) is 11.2 Å². The molecule has 0 saturated heterocycles. The van der Waals surface area contributed by atoms with Crippen LogP contribution in [0.3, 0.4) is 0 Å². The van der Waals surface area contributed by atoms with Crippen LogP contribution in [0.4, 0.5) is 5.69 Å². The average molecular weight is 252 g/mol. The molecule has 0 saturated carbocycles. The Hall–Kier alpha value is -0.900. The number of quaternary nitrogens is 1. The molecule has 3 heteroatoms.